The number of carbonyl (C=O) groups is 3. The van der Waals surface area contributed by atoms with Gasteiger partial charge in [0.1, 0.15) is 6.54 Å². The lowest BCUT2D eigenvalue weighted by molar-refractivity contribution is -0.155. The summed E-state index contributed by atoms with van der Waals surface area (Å²) < 4.78 is 5.11. The summed E-state index contributed by atoms with van der Waals surface area (Å²) in [6, 6.07) is 7.09. The number of aryl methyl sites for hydroxylation is 1. The Balaban J connectivity index is 1.81. The van der Waals surface area contributed by atoms with Crippen LogP contribution in [0, 0.1) is 6.92 Å². The maximum Gasteiger partial charge on any atom is 0.326 e. The smallest absolute Gasteiger partial charge is 0.326 e. The summed E-state index contributed by atoms with van der Waals surface area (Å²) in [7, 11) is 0. The molecule has 0 saturated heterocycles. The molecule has 1 amide bonds. The van der Waals surface area contributed by atoms with Crippen LogP contribution in [-0.2, 0) is 14.3 Å². The lowest BCUT2D eigenvalue weighted by Crippen LogP contribution is -2.36. The SMILES string of the molecule is Cc1cccc(C(=O)NCC(=O)O[C@H]2CCCCC2=O)c1. The summed E-state index contributed by atoms with van der Waals surface area (Å²) in [5.41, 5.74) is 1.47. The van der Waals surface area contributed by atoms with E-state index in [1.165, 1.54) is 0 Å². The van der Waals surface area contributed by atoms with E-state index >= 15 is 0 Å². The Morgan fingerprint density at radius 1 is 1.33 bits per heavy atom. The highest BCUT2D eigenvalue weighted by atomic mass is 16.5. The summed E-state index contributed by atoms with van der Waals surface area (Å²) in [5.74, 6) is -0.929. The molecule has 2 rings (SSSR count). The second kappa shape index (κ2) is 7.02. The Morgan fingerprint density at radius 3 is 2.86 bits per heavy atom. The van der Waals surface area contributed by atoms with E-state index in [-0.39, 0.29) is 18.2 Å². The first-order valence-corrected chi connectivity index (χ1v) is 7.13. The average Bonchev–Trinajstić information content (AvgIpc) is 2.47. The number of ether oxygens (including phenoxy) is 1. The monoisotopic (exact) mass is 289 g/mol. The Hall–Kier alpha value is -2.17. The molecule has 112 valence electrons. The number of benzene rings is 1. The quantitative estimate of drug-likeness (QED) is 0.858. The lowest BCUT2D eigenvalue weighted by Gasteiger charge is -2.20. The molecule has 1 N–H and O–H groups in total. The molecule has 1 aliphatic rings. The van der Waals surface area contributed by atoms with Crippen LogP contribution in [-0.4, -0.2) is 30.3 Å². The predicted molar refractivity (Wildman–Crippen MR) is 76.9 cm³/mol. The first-order chi connectivity index (χ1) is 10.1. The maximum atomic E-state index is 11.9. The Kier molecular flexibility index (Phi) is 5.09. The molecule has 0 spiro atoms. The molecular weight excluding hydrogens is 270 g/mol. The third kappa shape index (κ3) is 4.41. The van der Waals surface area contributed by atoms with Crippen LogP contribution in [0.15, 0.2) is 24.3 Å². The molecule has 0 aliphatic heterocycles. The van der Waals surface area contributed by atoms with Gasteiger partial charge in [0.05, 0.1) is 0 Å². The number of esters is 1. The second-order valence-electron chi connectivity index (χ2n) is 5.24. The molecule has 1 fully saturated rings. The Labute approximate surface area is 123 Å². The van der Waals surface area contributed by atoms with E-state index in [4.69, 9.17) is 4.74 Å². The van der Waals surface area contributed by atoms with Crippen LogP contribution in [0.1, 0.15) is 41.6 Å². The lowest BCUT2D eigenvalue weighted by atomic mass is 9.96. The van der Waals surface area contributed by atoms with Crippen molar-refractivity contribution in [2.75, 3.05) is 6.54 Å². The molecule has 1 aliphatic carbocycles. The summed E-state index contributed by atoms with van der Waals surface area (Å²) in [4.78, 5) is 35.1. The Morgan fingerprint density at radius 2 is 2.14 bits per heavy atom. The van der Waals surface area contributed by atoms with Crippen molar-refractivity contribution in [1.29, 1.82) is 0 Å². The molecule has 1 atom stereocenters. The van der Waals surface area contributed by atoms with Crippen molar-refractivity contribution in [3.05, 3.63) is 35.4 Å². The molecule has 0 unspecified atom stereocenters. The largest absolute Gasteiger partial charge is 0.453 e. The van der Waals surface area contributed by atoms with Gasteiger partial charge in [0.2, 0.25) is 0 Å². The minimum absolute atomic E-state index is 0.0281. The maximum absolute atomic E-state index is 11.9. The van der Waals surface area contributed by atoms with E-state index in [1.807, 2.05) is 13.0 Å². The summed E-state index contributed by atoms with van der Waals surface area (Å²) in [6.45, 7) is 1.66. The number of rotatable bonds is 4. The molecule has 1 saturated carbocycles. The van der Waals surface area contributed by atoms with Crippen molar-refractivity contribution < 1.29 is 19.1 Å². The minimum Gasteiger partial charge on any atom is -0.453 e. The number of carbonyl (C=O) groups excluding carboxylic acids is 3. The molecule has 5 heteroatoms. The van der Waals surface area contributed by atoms with Crippen LogP contribution in [0.25, 0.3) is 0 Å². The van der Waals surface area contributed by atoms with Gasteiger partial charge in [-0.15, -0.1) is 0 Å². The van der Waals surface area contributed by atoms with Crippen LogP contribution in [0.2, 0.25) is 0 Å². The summed E-state index contributed by atoms with van der Waals surface area (Å²) >= 11 is 0. The fraction of sp³-hybridized carbons (Fsp3) is 0.438. The van der Waals surface area contributed by atoms with E-state index in [1.54, 1.807) is 18.2 Å². The second-order valence-corrected chi connectivity index (χ2v) is 5.24. The van der Waals surface area contributed by atoms with E-state index in [0.717, 1.165) is 18.4 Å². The van der Waals surface area contributed by atoms with Crippen LogP contribution < -0.4 is 5.32 Å². The number of amides is 1. The first kappa shape index (κ1) is 15.2. The minimum atomic E-state index is -0.637. The van der Waals surface area contributed by atoms with Gasteiger partial charge in [0.25, 0.3) is 5.91 Å². The Bertz CT molecular complexity index is 553. The van der Waals surface area contributed by atoms with E-state index in [0.29, 0.717) is 18.4 Å². The van der Waals surface area contributed by atoms with Crippen LogP contribution in [0.4, 0.5) is 0 Å². The third-order valence-corrected chi connectivity index (χ3v) is 3.45. The van der Waals surface area contributed by atoms with Gasteiger partial charge in [0, 0.05) is 12.0 Å². The highest BCUT2D eigenvalue weighted by molar-refractivity contribution is 5.96. The van der Waals surface area contributed by atoms with Crippen molar-refractivity contribution in [1.82, 2.24) is 5.32 Å². The van der Waals surface area contributed by atoms with Crippen LogP contribution >= 0.6 is 0 Å². The van der Waals surface area contributed by atoms with Crippen molar-refractivity contribution in [2.24, 2.45) is 0 Å². The molecule has 0 heterocycles. The number of nitrogens with one attached hydrogen (secondary N) is 1. The van der Waals surface area contributed by atoms with Gasteiger partial charge < -0.3 is 10.1 Å². The van der Waals surface area contributed by atoms with Crippen LogP contribution in [0.3, 0.4) is 0 Å². The van der Waals surface area contributed by atoms with Crippen molar-refractivity contribution in [2.45, 2.75) is 38.7 Å². The van der Waals surface area contributed by atoms with Gasteiger partial charge in [-0.05, 0) is 38.3 Å². The first-order valence-electron chi connectivity index (χ1n) is 7.13. The third-order valence-electron chi connectivity index (χ3n) is 3.45. The van der Waals surface area contributed by atoms with Gasteiger partial charge >= 0.3 is 5.97 Å². The number of hydrogen-bond acceptors (Lipinski definition) is 4. The highest BCUT2D eigenvalue weighted by Crippen LogP contribution is 2.17. The van der Waals surface area contributed by atoms with Crippen molar-refractivity contribution in [3.8, 4) is 0 Å². The van der Waals surface area contributed by atoms with Gasteiger partial charge in [-0.2, -0.15) is 0 Å². The van der Waals surface area contributed by atoms with Crippen molar-refractivity contribution >= 4 is 17.7 Å². The molecular formula is C16H19NO4. The van der Waals surface area contributed by atoms with Gasteiger partial charge in [-0.3, -0.25) is 14.4 Å². The molecule has 0 radical (unpaired) electrons. The van der Waals surface area contributed by atoms with Gasteiger partial charge in [-0.25, -0.2) is 0 Å². The molecule has 1 aromatic rings. The zero-order chi connectivity index (χ0) is 15.2. The molecule has 1 aromatic carbocycles. The van der Waals surface area contributed by atoms with Gasteiger partial charge in [0.15, 0.2) is 11.9 Å². The molecule has 0 aromatic heterocycles. The standard InChI is InChI=1S/C16H19NO4/c1-11-5-4-6-12(9-11)16(20)17-10-15(19)21-14-8-3-2-7-13(14)18/h4-6,9,14H,2-3,7-8,10H2,1H3,(H,17,20)/t14-/m0/s1. The molecule has 21 heavy (non-hydrogen) atoms. The van der Waals surface area contributed by atoms with E-state index in [9.17, 15) is 14.4 Å². The van der Waals surface area contributed by atoms with E-state index in [2.05, 4.69) is 5.32 Å². The van der Waals surface area contributed by atoms with Crippen molar-refractivity contribution in [3.63, 3.8) is 0 Å². The molecule has 0 bridgehead atoms. The number of Topliss-reactive ketones (excluding diaryl/α,β-unsaturated/α-hetero) is 1. The zero-order valence-corrected chi connectivity index (χ0v) is 12.1. The highest BCUT2D eigenvalue weighted by Gasteiger charge is 2.25. The summed E-state index contributed by atoms with van der Waals surface area (Å²) in [6.07, 6.45) is 2.16. The number of hydrogen-bond donors (Lipinski definition) is 1. The van der Waals surface area contributed by atoms with Crippen LogP contribution in [0.5, 0.6) is 0 Å². The zero-order valence-electron chi connectivity index (χ0n) is 12.1. The van der Waals surface area contributed by atoms with E-state index < -0.39 is 12.1 Å². The fourth-order valence-electron chi connectivity index (χ4n) is 2.32. The normalized spacial score (nSPS) is 18.1. The number of ketones is 1. The summed E-state index contributed by atoms with van der Waals surface area (Å²) in [5, 5.41) is 2.51. The fourth-order valence-corrected chi connectivity index (χ4v) is 2.32. The van der Waals surface area contributed by atoms with Gasteiger partial charge in [-0.1, -0.05) is 17.7 Å². The molecule has 5 nitrogen and oxygen atoms in total. The topological polar surface area (TPSA) is 72.5 Å². The predicted octanol–water partition coefficient (Wildman–Crippen LogP) is 1.78. The average molecular weight is 289 g/mol.